The lowest BCUT2D eigenvalue weighted by atomic mass is 9.87. The van der Waals surface area contributed by atoms with Crippen molar-refractivity contribution in [2.45, 2.75) is 32.1 Å². The number of carbonyl (C=O) groups is 2. The molecule has 16 heavy (non-hydrogen) atoms. The van der Waals surface area contributed by atoms with Gasteiger partial charge in [0.05, 0.1) is 5.92 Å². The fraction of sp³-hybridized carbons (Fsp3) is 0.385. The highest BCUT2D eigenvalue weighted by molar-refractivity contribution is 6.01. The molecule has 3 heteroatoms. The van der Waals surface area contributed by atoms with Crippen molar-refractivity contribution in [3.05, 3.63) is 35.4 Å². The van der Waals surface area contributed by atoms with Gasteiger partial charge in [-0.05, 0) is 24.0 Å². The highest BCUT2D eigenvalue weighted by atomic mass is 16.2. The first-order valence-corrected chi connectivity index (χ1v) is 5.64. The summed E-state index contributed by atoms with van der Waals surface area (Å²) in [7, 11) is 0. The molecule has 1 fully saturated rings. The van der Waals surface area contributed by atoms with Gasteiger partial charge in [-0.2, -0.15) is 0 Å². The maximum atomic E-state index is 11.7. The summed E-state index contributed by atoms with van der Waals surface area (Å²) in [5.74, 6) is -0.471. The molecule has 2 rings (SSSR count). The number of imide groups is 1. The van der Waals surface area contributed by atoms with Crippen LogP contribution in [0.4, 0.5) is 0 Å². The van der Waals surface area contributed by atoms with Gasteiger partial charge in [0.2, 0.25) is 11.8 Å². The van der Waals surface area contributed by atoms with Crippen LogP contribution in [0, 0.1) is 0 Å². The fourth-order valence-electron chi connectivity index (χ4n) is 2.19. The second-order valence-electron chi connectivity index (χ2n) is 4.06. The van der Waals surface area contributed by atoms with Gasteiger partial charge in [0, 0.05) is 6.42 Å². The van der Waals surface area contributed by atoms with E-state index in [2.05, 4.69) is 12.2 Å². The minimum Gasteiger partial charge on any atom is -0.296 e. The third-order valence-corrected chi connectivity index (χ3v) is 3.05. The first-order valence-electron chi connectivity index (χ1n) is 5.64. The Balaban J connectivity index is 2.30. The van der Waals surface area contributed by atoms with Crippen molar-refractivity contribution in [3.63, 3.8) is 0 Å². The number of piperidine rings is 1. The molecule has 0 bridgehead atoms. The summed E-state index contributed by atoms with van der Waals surface area (Å²) >= 11 is 0. The van der Waals surface area contributed by atoms with Crippen LogP contribution in [0.3, 0.4) is 0 Å². The zero-order valence-corrected chi connectivity index (χ0v) is 9.32. The highest BCUT2D eigenvalue weighted by Crippen LogP contribution is 2.27. The standard InChI is InChI=1S/C13H15NO2/c1-2-9-5-3-4-6-10(9)11-7-8-12(15)14-13(11)16/h3-6,11H,2,7-8H2,1H3,(H,14,15,16). The molecule has 2 amide bonds. The van der Waals surface area contributed by atoms with E-state index in [9.17, 15) is 9.59 Å². The van der Waals surface area contributed by atoms with E-state index in [0.29, 0.717) is 12.8 Å². The van der Waals surface area contributed by atoms with E-state index in [4.69, 9.17) is 0 Å². The zero-order chi connectivity index (χ0) is 11.5. The Morgan fingerprint density at radius 2 is 2.06 bits per heavy atom. The first kappa shape index (κ1) is 10.9. The number of benzene rings is 1. The molecule has 1 aromatic rings. The van der Waals surface area contributed by atoms with Crippen molar-refractivity contribution < 1.29 is 9.59 Å². The third kappa shape index (κ3) is 1.98. The summed E-state index contributed by atoms with van der Waals surface area (Å²) in [6, 6.07) is 7.95. The lowest BCUT2D eigenvalue weighted by Gasteiger charge is -2.23. The van der Waals surface area contributed by atoms with Gasteiger partial charge in [0.25, 0.3) is 0 Å². The first-order chi connectivity index (χ1) is 7.72. The number of rotatable bonds is 2. The van der Waals surface area contributed by atoms with E-state index in [0.717, 1.165) is 12.0 Å². The Labute approximate surface area is 94.9 Å². The zero-order valence-electron chi connectivity index (χ0n) is 9.32. The lowest BCUT2D eigenvalue weighted by molar-refractivity contribution is -0.134. The van der Waals surface area contributed by atoms with Crippen LogP contribution in [0.1, 0.15) is 36.8 Å². The molecule has 1 aromatic carbocycles. The molecule has 1 atom stereocenters. The van der Waals surface area contributed by atoms with Gasteiger partial charge in [-0.3, -0.25) is 14.9 Å². The molecular weight excluding hydrogens is 202 g/mol. The largest absolute Gasteiger partial charge is 0.296 e. The molecule has 84 valence electrons. The van der Waals surface area contributed by atoms with Gasteiger partial charge < -0.3 is 0 Å². The van der Waals surface area contributed by atoms with Crippen LogP contribution in [0.25, 0.3) is 0 Å². The predicted molar refractivity (Wildman–Crippen MR) is 60.9 cm³/mol. The molecule has 0 aliphatic carbocycles. The maximum absolute atomic E-state index is 11.7. The Morgan fingerprint density at radius 3 is 2.75 bits per heavy atom. The van der Waals surface area contributed by atoms with E-state index >= 15 is 0 Å². The van der Waals surface area contributed by atoms with Crippen LogP contribution < -0.4 is 5.32 Å². The average molecular weight is 217 g/mol. The molecule has 0 spiro atoms. The second kappa shape index (κ2) is 4.47. The Morgan fingerprint density at radius 1 is 1.31 bits per heavy atom. The lowest BCUT2D eigenvalue weighted by Crippen LogP contribution is -2.39. The Bertz CT molecular complexity index is 426. The molecule has 1 aliphatic heterocycles. The quantitative estimate of drug-likeness (QED) is 0.767. The molecule has 0 aromatic heterocycles. The maximum Gasteiger partial charge on any atom is 0.234 e. The van der Waals surface area contributed by atoms with Crippen LogP contribution in [0.5, 0.6) is 0 Å². The molecular formula is C13H15NO2. The summed E-state index contributed by atoms with van der Waals surface area (Å²) < 4.78 is 0. The average Bonchev–Trinajstić information content (AvgIpc) is 2.29. The molecule has 1 unspecified atom stereocenters. The van der Waals surface area contributed by atoms with Crippen molar-refractivity contribution in [1.29, 1.82) is 0 Å². The van der Waals surface area contributed by atoms with Crippen LogP contribution in [-0.4, -0.2) is 11.8 Å². The molecule has 3 nitrogen and oxygen atoms in total. The predicted octanol–water partition coefficient (Wildman–Crippen LogP) is 1.77. The number of amides is 2. The van der Waals surface area contributed by atoms with Gasteiger partial charge in [0.1, 0.15) is 0 Å². The molecule has 0 radical (unpaired) electrons. The van der Waals surface area contributed by atoms with Crippen LogP contribution >= 0.6 is 0 Å². The van der Waals surface area contributed by atoms with Gasteiger partial charge >= 0.3 is 0 Å². The topological polar surface area (TPSA) is 46.2 Å². The molecule has 1 heterocycles. The van der Waals surface area contributed by atoms with Gasteiger partial charge in [-0.15, -0.1) is 0 Å². The SMILES string of the molecule is CCc1ccccc1C1CCC(=O)NC1=O. The van der Waals surface area contributed by atoms with Crippen molar-refractivity contribution >= 4 is 11.8 Å². The van der Waals surface area contributed by atoms with E-state index < -0.39 is 0 Å². The van der Waals surface area contributed by atoms with Gasteiger partial charge in [-0.1, -0.05) is 31.2 Å². The number of aryl methyl sites for hydroxylation is 1. The summed E-state index contributed by atoms with van der Waals surface area (Å²) in [4.78, 5) is 22.8. The van der Waals surface area contributed by atoms with E-state index in [1.165, 1.54) is 5.56 Å². The van der Waals surface area contributed by atoms with Crippen LogP contribution in [-0.2, 0) is 16.0 Å². The number of hydrogen-bond donors (Lipinski definition) is 1. The smallest absolute Gasteiger partial charge is 0.234 e. The van der Waals surface area contributed by atoms with E-state index in [1.807, 2.05) is 24.3 Å². The number of nitrogens with one attached hydrogen (secondary N) is 1. The van der Waals surface area contributed by atoms with Gasteiger partial charge in [-0.25, -0.2) is 0 Å². The Hall–Kier alpha value is -1.64. The van der Waals surface area contributed by atoms with Crippen LogP contribution in [0.15, 0.2) is 24.3 Å². The minimum atomic E-state index is -0.158. The molecule has 1 aliphatic rings. The molecule has 1 saturated heterocycles. The fourth-order valence-corrected chi connectivity index (χ4v) is 2.19. The summed E-state index contributed by atoms with van der Waals surface area (Å²) in [5, 5.41) is 2.40. The second-order valence-corrected chi connectivity index (χ2v) is 4.06. The normalized spacial score (nSPS) is 20.7. The summed E-state index contributed by atoms with van der Waals surface area (Å²) in [6.45, 7) is 2.07. The minimum absolute atomic E-state index is 0.155. The van der Waals surface area contributed by atoms with Crippen LogP contribution in [0.2, 0.25) is 0 Å². The molecule has 0 saturated carbocycles. The number of carbonyl (C=O) groups excluding carboxylic acids is 2. The van der Waals surface area contributed by atoms with Gasteiger partial charge in [0.15, 0.2) is 0 Å². The molecule has 1 N–H and O–H groups in total. The summed E-state index contributed by atoms with van der Waals surface area (Å²) in [6.07, 6.45) is 1.98. The monoisotopic (exact) mass is 217 g/mol. The van der Waals surface area contributed by atoms with Crippen molar-refractivity contribution in [3.8, 4) is 0 Å². The van der Waals surface area contributed by atoms with E-state index in [-0.39, 0.29) is 17.7 Å². The Kier molecular flexibility index (Phi) is 3.04. The third-order valence-electron chi connectivity index (χ3n) is 3.05. The highest BCUT2D eigenvalue weighted by Gasteiger charge is 2.28. The number of hydrogen-bond acceptors (Lipinski definition) is 2. The van der Waals surface area contributed by atoms with Crippen molar-refractivity contribution in [1.82, 2.24) is 5.32 Å². The summed E-state index contributed by atoms with van der Waals surface area (Å²) in [5.41, 5.74) is 2.26. The van der Waals surface area contributed by atoms with E-state index in [1.54, 1.807) is 0 Å². The van der Waals surface area contributed by atoms with Crippen molar-refractivity contribution in [2.75, 3.05) is 0 Å². The van der Waals surface area contributed by atoms with Crippen molar-refractivity contribution in [2.24, 2.45) is 0 Å².